The Kier molecular flexibility index (Phi) is 5.10. The quantitative estimate of drug-likeness (QED) is 0.466. The molecule has 0 saturated carbocycles. The van der Waals surface area contributed by atoms with Gasteiger partial charge in [0.25, 0.3) is 5.69 Å². The maximum atomic E-state index is 14.0. The van der Waals surface area contributed by atoms with Crippen LogP contribution in [0.4, 0.5) is 15.8 Å². The van der Waals surface area contributed by atoms with Gasteiger partial charge in [-0.15, -0.1) is 0 Å². The van der Waals surface area contributed by atoms with Gasteiger partial charge in [-0.25, -0.2) is 9.18 Å². The second-order valence-corrected chi connectivity index (χ2v) is 4.97. The van der Waals surface area contributed by atoms with Gasteiger partial charge in [0.2, 0.25) is 12.0 Å². The summed E-state index contributed by atoms with van der Waals surface area (Å²) >= 11 is 0. The second-order valence-electron chi connectivity index (χ2n) is 4.97. The summed E-state index contributed by atoms with van der Waals surface area (Å²) in [7, 11) is 0. The number of halogens is 1. The Labute approximate surface area is 137 Å². The molecule has 5 unspecified atom stereocenters. The second kappa shape index (κ2) is 6.92. The van der Waals surface area contributed by atoms with Crippen LogP contribution in [0.5, 0.6) is 5.75 Å². The van der Waals surface area contributed by atoms with Crippen molar-refractivity contribution in [3.8, 4) is 5.75 Å². The van der Waals surface area contributed by atoms with E-state index >= 15 is 0 Å². The molecule has 1 aromatic carbocycles. The SMILES string of the molecule is O=C(O)C1OC(Oc2ccc([N+](=O)[O-])cc2[N+](=O)[O-])C(F)C(O)C1O. The summed E-state index contributed by atoms with van der Waals surface area (Å²) < 4.78 is 23.6. The minimum absolute atomic E-state index is 0.561. The van der Waals surface area contributed by atoms with E-state index in [9.17, 15) is 39.6 Å². The van der Waals surface area contributed by atoms with Gasteiger partial charge in [0.15, 0.2) is 12.3 Å². The van der Waals surface area contributed by atoms with Crippen molar-refractivity contribution in [3.05, 3.63) is 38.4 Å². The number of hydrogen-bond acceptors (Lipinski definition) is 9. The summed E-state index contributed by atoms with van der Waals surface area (Å²) in [6.45, 7) is 0. The van der Waals surface area contributed by atoms with Gasteiger partial charge in [0.1, 0.15) is 12.2 Å². The van der Waals surface area contributed by atoms with Crippen LogP contribution in [0.2, 0.25) is 0 Å². The van der Waals surface area contributed by atoms with Crippen LogP contribution in [-0.4, -0.2) is 61.9 Å². The smallest absolute Gasteiger partial charge is 0.335 e. The number of nitro groups is 2. The number of nitrogens with zero attached hydrogens (tertiary/aromatic N) is 2. The lowest BCUT2D eigenvalue weighted by Gasteiger charge is -2.37. The summed E-state index contributed by atoms with van der Waals surface area (Å²) in [6, 6.07) is 2.21. The summed E-state index contributed by atoms with van der Waals surface area (Å²) in [5, 5.41) is 49.5. The summed E-state index contributed by atoms with van der Waals surface area (Å²) in [5.41, 5.74) is -1.52. The average molecular weight is 362 g/mol. The van der Waals surface area contributed by atoms with Crippen molar-refractivity contribution in [1.29, 1.82) is 0 Å². The number of aliphatic hydroxyl groups excluding tert-OH is 2. The molecule has 136 valence electrons. The normalized spacial score (nSPS) is 29.0. The van der Waals surface area contributed by atoms with E-state index in [0.29, 0.717) is 6.07 Å². The number of rotatable bonds is 5. The molecule has 1 aliphatic rings. The third-order valence-corrected chi connectivity index (χ3v) is 3.36. The number of alkyl halides is 1. The maximum Gasteiger partial charge on any atom is 0.335 e. The average Bonchev–Trinajstić information content (AvgIpc) is 2.54. The highest BCUT2D eigenvalue weighted by molar-refractivity contribution is 5.73. The van der Waals surface area contributed by atoms with E-state index in [-0.39, 0.29) is 0 Å². The van der Waals surface area contributed by atoms with Crippen molar-refractivity contribution in [2.24, 2.45) is 0 Å². The van der Waals surface area contributed by atoms with Gasteiger partial charge in [0.05, 0.1) is 15.9 Å². The van der Waals surface area contributed by atoms with E-state index in [4.69, 9.17) is 14.6 Å². The standard InChI is InChI=1S/C12H11FN2O10/c13-7-8(16)9(17)10(11(18)19)25-12(7)24-6-2-1-4(14(20)21)3-5(6)15(22)23/h1-3,7-10,12,16-17H,(H,18,19). The van der Waals surface area contributed by atoms with Crippen molar-refractivity contribution in [1.82, 2.24) is 0 Å². The molecular formula is C12H11FN2O10. The molecule has 1 aliphatic heterocycles. The first-order valence-electron chi connectivity index (χ1n) is 6.61. The van der Waals surface area contributed by atoms with Crippen LogP contribution < -0.4 is 4.74 Å². The third kappa shape index (κ3) is 3.62. The lowest BCUT2D eigenvalue weighted by Crippen LogP contribution is -2.59. The van der Waals surface area contributed by atoms with Crippen LogP contribution in [0.1, 0.15) is 0 Å². The minimum Gasteiger partial charge on any atom is -0.479 e. The number of non-ortho nitro benzene ring substituents is 1. The highest BCUT2D eigenvalue weighted by Gasteiger charge is 2.49. The van der Waals surface area contributed by atoms with Crippen LogP contribution in [0, 0.1) is 20.2 Å². The van der Waals surface area contributed by atoms with Gasteiger partial charge in [-0.05, 0) is 6.07 Å². The van der Waals surface area contributed by atoms with E-state index in [1.807, 2.05) is 0 Å². The molecule has 25 heavy (non-hydrogen) atoms. The molecule has 1 aromatic rings. The molecule has 0 spiro atoms. The van der Waals surface area contributed by atoms with Crippen molar-refractivity contribution in [3.63, 3.8) is 0 Å². The Morgan fingerprint density at radius 3 is 2.36 bits per heavy atom. The minimum atomic E-state index is -2.43. The molecule has 0 amide bonds. The van der Waals surface area contributed by atoms with E-state index in [1.54, 1.807) is 0 Å². The fourth-order valence-electron chi connectivity index (χ4n) is 2.11. The Morgan fingerprint density at radius 2 is 1.84 bits per heavy atom. The first-order chi connectivity index (χ1) is 11.6. The number of carboxylic acid groups (broad SMARTS) is 1. The molecule has 0 aliphatic carbocycles. The van der Waals surface area contributed by atoms with Gasteiger partial charge in [-0.3, -0.25) is 20.2 Å². The monoisotopic (exact) mass is 362 g/mol. The van der Waals surface area contributed by atoms with E-state index in [2.05, 4.69) is 0 Å². The summed E-state index contributed by atoms with van der Waals surface area (Å²) in [6.07, 6.45) is -10.8. The highest BCUT2D eigenvalue weighted by Crippen LogP contribution is 2.34. The summed E-state index contributed by atoms with van der Waals surface area (Å²) in [4.78, 5) is 30.7. The molecule has 13 heteroatoms. The Hall–Kier alpha value is -2.90. The number of aliphatic carboxylic acids is 1. The number of aliphatic hydroxyl groups is 2. The molecule has 12 nitrogen and oxygen atoms in total. The first-order valence-corrected chi connectivity index (χ1v) is 6.61. The van der Waals surface area contributed by atoms with Crippen LogP contribution >= 0.6 is 0 Å². The Balaban J connectivity index is 2.33. The molecule has 0 bridgehead atoms. The molecule has 2 rings (SSSR count). The van der Waals surface area contributed by atoms with Gasteiger partial charge in [0, 0.05) is 6.07 Å². The molecule has 1 fully saturated rings. The van der Waals surface area contributed by atoms with Crippen molar-refractivity contribution in [2.45, 2.75) is 30.8 Å². The number of hydrogen-bond donors (Lipinski definition) is 3. The number of ether oxygens (including phenoxy) is 2. The van der Waals surface area contributed by atoms with Crippen LogP contribution in [0.15, 0.2) is 18.2 Å². The maximum absolute atomic E-state index is 14.0. The van der Waals surface area contributed by atoms with Crippen LogP contribution in [0.3, 0.4) is 0 Å². The molecule has 3 N–H and O–H groups in total. The van der Waals surface area contributed by atoms with Gasteiger partial charge in [-0.1, -0.05) is 0 Å². The number of carboxylic acids is 1. The number of nitro benzene ring substituents is 2. The molecule has 5 atom stereocenters. The zero-order valence-electron chi connectivity index (χ0n) is 12.1. The van der Waals surface area contributed by atoms with Crippen LogP contribution in [-0.2, 0) is 9.53 Å². The first kappa shape index (κ1) is 18.4. The Bertz CT molecular complexity index is 713. The molecular weight excluding hydrogens is 351 g/mol. The summed E-state index contributed by atoms with van der Waals surface area (Å²) in [5.74, 6) is -2.36. The van der Waals surface area contributed by atoms with Gasteiger partial charge < -0.3 is 24.8 Å². The topological polar surface area (TPSA) is 182 Å². The third-order valence-electron chi connectivity index (χ3n) is 3.36. The van der Waals surface area contributed by atoms with Crippen molar-refractivity contribution >= 4 is 17.3 Å². The van der Waals surface area contributed by atoms with Crippen molar-refractivity contribution < 1.29 is 43.8 Å². The van der Waals surface area contributed by atoms with Gasteiger partial charge >= 0.3 is 11.7 Å². The largest absolute Gasteiger partial charge is 0.479 e. The lowest BCUT2D eigenvalue weighted by molar-refractivity contribution is -0.395. The number of benzene rings is 1. The van der Waals surface area contributed by atoms with Gasteiger partial charge in [-0.2, -0.15) is 0 Å². The van der Waals surface area contributed by atoms with E-state index in [1.165, 1.54) is 0 Å². The van der Waals surface area contributed by atoms with E-state index in [0.717, 1.165) is 12.1 Å². The molecule has 0 aromatic heterocycles. The number of carbonyl (C=O) groups is 1. The van der Waals surface area contributed by atoms with Crippen molar-refractivity contribution in [2.75, 3.05) is 0 Å². The lowest BCUT2D eigenvalue weighted by atomic mass is 10.00. The molecule has 1 heterocycles. The highest BCUT2D eigenvalue weighted by atomic mass is 19.1. The molecule has 1 saturated heterocycles. The predicted octanol–water partition coefficient (Wildman–Crippen LogP) is -0.249. The predicted molar refractivity (Wildman–Crippen MR) is 73.6 cm³/mol. The fraction of sp³-hybridized carbons (Fsp3) is 0.417. The zero-order valence-corrected chi connectivity index (χ0v) is 12.1. The molecule has 0 radical (unpaired) electrons. The van der Waals surface area contributed by atoms with Crippen LogP contribution in [0.25, 0.3) is 0 Å². The Morgan fingerprint density at radius 1 is 1.20 bits per heavy atom. The van der Waals surface area contributed by atoms with E-state index < -0.39 is 63.7 Å². The fourth-order valence-corrected chi connectivity index (χ4v) is 2.11. The zero-order chi connectivity index (χ0) is 18.9.